The lowest BCUT2D eigenvalue weighted by molar-refractivity contribution is -0.385. The summed E-state index contributed by atoms with van der Waals surface area (Å²) < 4.78 is 13.8. The lowest BCUT2D eigenvalue weighted by Gasteiger charge is -2.35. The number of nitro groups is 1. The van der Waals surface area contributed by atoms with Crippen molar-refractivity contribution in [3.05, 3.63) is 50.8 Å². The highest BCUT2D eigenvalue weighted by Crippen LogP contribution is 2.51. The molecule has 152 valence electrons. The average Bonchev–Trinajstić information content (AvgIpc) is 2.77. The van der Waals surface area contributed by atoms with E-state index in [0.29, 0.717) is 0 Å². The predicted octanol–water partition coefficient (Wildman–Crippen LogP) is 3.87. The summed E-state index contributed by atoms with van der Waals surface area (Å²) in [7, 11) is 0. The van der Waals surface area contributed by atoms with Crippen molar-refractivity contribution in [3.8, 4) is 0 Å². The molecule has 0 spiro atoms. The van der Waals surface area contributed by atoms with Gasteiger partial charge in [-0.1, -0.05) is 6.08 Å². The molecule has 0 saturated carbocycles. The number of halogens is 2. The smallest absolute Gasteiger partial charge is 0.271 e. The van der Waals surface area contributed by atoms with Crippen LogP contribution in [0.15, 0.2) is 29.3 Å². The second-order valence-electron chi connectivity index (χ2n) is 7.31. The Morgan fingerprint density at radius 3 is 2.57 bits per heavy atom. The van der Waals surface area contributed by atoms with Crippen LogP contribution in [-0.4, -0.2) is 43.8 Å². The Labute approximate surface area is 175 Å². The molecule has 2 rings (SSSR count). The number of carbonyl (C=O) groups excluding carboxylic acids is 2. The van der Waals surface area contributed by atoms with E-state index in [1.54, 1.807) is 13.8 Å². The van der Waals surface area contributed by atoms with Gasteiger partial charge in [0, 0.05) is 23.4 Å². The maximum Gasteiger partial charge on any atom is 0.271 e. The van der Waals surface area contributed by atoms with Gasteiger partial charge in [-0.25, -0.2) is 4.39 Å². The quantitative estimate of drug-likeness (QED) is 0.398. The SMILES string of the molecule is C=CCNC(=O)C1N(C(=O)c2cc([N+](=O)[O-])cc(Br)c2F)C(C)(C)SC1(C)C. The van der Waals surface area contributed by atoms with Gasteiger partial charge in [-0.05, 0) is 43.6 Å². The van der Waals surface area contributed by atoms with Gasteiger partial charge in [0.1, 0.15) is 6.04 Å². The predicted molar refractivity (Wildman–Crippen MR) is 110 cm³/mol. The van der Waals surface area contributed by atoms with Crippen LogP contribution in [-0.2, 0) is 4.79 Å². The second kappa shape index (κ2) is 7.82. The Morgan fingerprint density at radius 1 is 1.43 bits per heavy atom. The first-order valence-electron chi connectivity index (χ1n) is 8.39. The lowest BCUT2D eigenvalue weighted by Crippen LogP contribution is -2.56. The third-order valence-electron chi connectivity index (χ3n) is 4.35. The number of rotatable bonds is 5. The molecule has 0 radical (unpaired) electrons. The monoisotopic (exact) mass is 473 g/mol. The van der Waals surface area contributed by atoms with E-state index in [1.165, 1.54) is 22.7 Å². The van der Waals surface area contributed by atoms with Gasteiger partial charge >= 0.3 is 0 Å². The van der Waals surface area contributed by atoms with Crippen LogP contribution in [0.3, 0.4) is 0 Å². The molecule has 0 bridgehead atoms. The molecule has 1 aromatic carbocycles. The minimum Gasteiger partial charge on any atom is -0.351 e. The van der Waals surface area contributed by atoms with E-state index in [2.05, 4.69) is 27.8 Å². The normalized spacial score (nSPS) is 19.9. The fourth-order valence-electron chi connectivity index (χ4n) is 3.40. The average molecular weight is 474 g/mol. The minimum atomic E-state index is -0.911. The van der Waals surface area contributed by atoms with E-state index >= 15 is 0 Å². The van der Waals surface area contributed by atoms with Crippen LogP contribution in [0.4, 0.5) is 10.1 Å². The van der Waals surface area contributed by atoms with Crippen LogP contribution in [0.2, 0.25) is 0 Å². The van der Waals surface area contributed by atoms with Crippen molar-refractivity contribution >= 4 is 45.2 Å². The van der Waals surface area contributed by atoms with E-state index in [4.69, 9.17) is 0 Å². The highest BCUT2D eigenvalue weighted by molar-refractivity contribution is 9.10. The number of benzene rings is 1. The highest BCUT2D eigenvalue weighted by atomic mass is 79.9. The van der Waals surface area contributed by atoms with Crippen molar-refractivity contribution in [1.82, 2.24) is 10.2 Å². The summed E-state index contributed by atoms with van der Waals surface area (Å²) >= 11 is 4.32. The van der Waals surface area contributed by atoms with Crippen molar-refractivity contribution in [2.45, 2.75) is 43.4 Å². The molecule has 0 aromatic heterocycles. The summed E-state index contributed by atoms with van der Waals surface area (Å²) in [5, 5.41) is 13.8. The van der Waals surface area contributed by atoms with Gasteiger partial charge in [-0.2, -0.15) is 0 Å². The first kappa shape index (κ1) is 22.4. The molecule has 0 aliphatic carbocycles. The number of hydrogen-bond acceptors (Lipinski definition) is 5. The molecule has 1 heterocycles. The molecule has 1 unspecified atom stereocenters. The second-order valence-corrected chi connectivity index (χ2v) is 10.4. The van der Waals surface area contributed by atoms with Crippen molar-refractivity contribution in [2.75, 3.05) is 6.54 Å². The van der Waals surface area contributed by atoms with E-state index in [1.807, 2.05) is 13.8 Å². The molecular weight excluding hydrogens is 453 g/mol. The Morgan fingerprint density at radius 2 is 2.04 bits per heavy atom. The third-order valence-corrected chi connectivity index (χ3v) is 6.37. The van der Waals surface area contributed by atoms with Crippen molar-refractivity contribution < 1.29 is 18.9 Å². The summed E-state index contributed by atoms with van der Waals surface area (Å²) in [6.45, 7) is 10.9. The molecule has 10 heteroatoms. The van der Waals surface area contributed by atoms with Crippen LogP contribution in [0.25, 0.3) is 0 Å². The number of thioether (sulfide) groups is 1. The van der Waals surface area contributed by atoms with Gasteiger partial charge in [-0.15, -0.1) is 18.3 Å². The number of nitro benzene ring substituents is 1. The standard InChI is InChI=1S/C18H21BrFN3O4S/c1-6-7-21-15(24)14-17(2,3)28-18(4,5)22(14)16(25)11-8-10(23(26)27)9-12(19)13(11)20/h6,8-9,14H,1,7H2,2-5H3,(H,21,24). The van der Waals surface area contributed by atoms with Crippen molar-refractivity contribution in [1.29, 1.82) is 0 Å². The molecule has 1 atom stereocenters. The van der Waals surface area contributed by atoms with E-state index in [-0.39, 0.29) is 11.0 Å². The number of hydrogen-bond donors (Lipinski definition) is 1. The highest BCUT2D eigenvalue weighted by Gasteiger charge is 2.57. The fourth-order valence-corrected chi connectivity index (χ4v) is 5.75. The van der Waals surface area contributed by atoms with Crippen molar-refractivity contribution in [3.63, 3.8) is 0 Å². The molecule has 1 N–H and O–H groups in total. The zero-order valence-electron chi connectivity index (χ0n) is 15.9. The van der Waals surface area contributed by atoms with E-state index in [0.717, 1.165) is 12.1 Å². The molecule has 2 amide bonds. The molecule has 1 aromatic rings. The van der Waals surface area contributed by atoms with Gasteiger partial charge in [-0.3, -0.25) is 19.7 Å². The fraction of sp³-hybridized carbons (Fsp3) is 0.444. The molecule has 1 saturated heterocycles. The number of non-ortho nitro benzene ring substituents is 1. The number of nitrogens with zero attached hydrogens (tertiary/aromatic N) is 2. The number of amides is 2. The number of carbonyl (C=O) groups is 2. The van der Waals surface area contributed by atoms with Crippen LogP contribution in [0.5, 0.6) is 0 Å². The Hall–Kier alpha value is -1.94. The van der Waals surface area contributed by atoms with E-state index < -0.39 is 49.5 Å². The molecule has 1 fully saturated rings. The van der Waals surface area contributed by atoms with Gasteiger partial charge in [0.15, 0.2) is 5.82 Å². The van der Waals surface area contributed by atoms with Crippen LogP contribution in [0.1, 0.15) is 38.1 Å². The summed E-state index contributed by atoms with van der Waals surface area (Å²) in [4.78, 5) is 37.0. The summed E-state index contributed by atoms with van der Waals surface area (Å²) in [6.07, 6.45) is 1.52. The molecule has 7 nitrogen and oxygen atoms in total. The van der Waals surface area contributed by atoms with Crippen LogP contribution >= 0.6 is 27.7 Å². The van der Waals surface area contributed by atoms with Crippen LogP contribution in [0, 0.1) is 15.9 Å². The molecular formula is C18H21BrFN3O4S. The van der Waals surface area contributed by atoms with Crippen molar-refractivity contribution in [2.24, 2.45) is 0 Å². The molecule has 1 aliphatic heterocycles. The van der Waals surface area contributed by atoms with Gasteiger partial charge in [0.25, 0.3) is 11.6 Å². The summed E-state index contributed by atoms with van der Waals surface area (Å²) in [6, 6.07) is 0.985. The zero-order valence-corrected chi connectivity index (χ0v) is 18.3. The third kappa shape index (κ3) is 4.07. The molecule has 1 aliphatic rings. The largest absolute Gasteiger partial charge is 0.351 e. The first-order chi connectivity index (χ1) is 12.8. The van der Waals surface area contributed by atoms with Gasteiger partial charge in [0.05, 0.1) is 19.8 Å². The Balaban J connectivity index is 2.59. The van der Waals surface area contributed by atoms with E-state index in [9.17, 15) is 24.1 Å². The maximum atomic E-state index is 14.7. The number of nitrogens with one attached hydrogen (secondary N) is 1. The summed E-state index contributed by atoms with van der Waals surface area (Å²) in [5.41, 5.74) is -0.887. The Kier molecular flexibility index (Phi) is 6.25. The topological polar surface area (TPSA) is 92.6 Å². The Bertz CT molecular complexity index is 859. The maximum absolute atomic E-state index is 14.7. The minimum absolute atomic E-state index is 0.193. The molecule has 28 heavy (non-hydrogen) atoms. The first-order valence-corrected chi connectivity index (χ1v) is 10.0. The lowest BCUT2D eigenvalue weighted by atomic mass is 9.98. The summed E-state index contributed by atoms with van der Waals surface area (Å²) in [5.74, 6) is -2.10. The van der Waals surface area contributed by atoms with Gasteiger partial charge < -0.3 is 10.2 Å². The van der Waals surface area contributed by atoms with Gasteiger partial charge in [0.2, 0.25) is 5.91 Å². The van der Waals surface area contributed by atoms with Crippen LogP contribution < -0.4 is 5.32 Å². The zero-order chi connectivity index (χ0) is 21.4.